The van der Waals surface area contributed by atoms with Gasteiger partial charge in [-0.05, 0) is 43.3 Å². The predicted octanol–water partition coefficient (Wildman–Crippen LogP) is 2.79. The van der Waals surface area contributed by atoms with Crippen LogP contribution in [0.1, 0.15) is 23.3 Å². The van der Waals surface area contributed by atoms with Crippen LogP contribution >= 0.6 is 11.3 Å². The fourth-order valence-corrected chi connectivity index (χ4v) is 3.79. The number of nitrogens with zero attached hydrogens (tertiary/aromatic N) is 1. The number of thiophene rings is 1. The van der Waals surface area contributed by atoms with Crippen LogP contribution in [0.25, 0.3) is 0 Å². The first-order chi connectivity index (χ1) is 12.6. The third kappa shape index (κ3) is 4.85. The summed E-state index contributed by atoms with van der Waals surface area (Å²) < 4.78 is 5.62. The molecule has 1 aliphatic heterocycles. The Morgan fingerprint density at radius 3 is 2.81 bits per heavy atom. The number of carbonyl (C=O) groups is 2. The Morgan fingerprint density at radius 1 is 1.27 bits per heavy atom. The van der Waals surface area contributed by atoms with E-state index >= 15 is 0 Å². The van der Waals surface area contributed by atoms with Crippen molar-refractivity contribution < 1.29 is 14.3 Å². The normalized spacial score (nSPS) is 16.5. The second-order valence-electron chi connectivity index (χ2n) is 6.45. The number of rotatable bonds is 7. The van der Waals surface area contributed by atoms with Crippen molar-refractivity contribution in [3.05, 3.63) is 52.2 Å². The van der Waals surface area contributed by atoms with Crippen molar-refractivity contribution in [3.8, 4) is 5.75 Å². The van der Waals surface area contributed by atoms with Gasteiger partial charge in [-0.25, -0.2) is 0 Å². The summed E-state index contributed by atoms with van der Waals surface area (Å²) in [5.41, 5.74) is 1.18. The molecule has 1 fully saturated rings. The third-order valence-corrected chi connectivity index (χ3v) is 5.35. The van der Waals surface area contributed by atoms with Gasteiger partial charge in [-0.2, -0.15) is 0 Å². The number of aryl methyl sites for hydroxylation is 1. The summed E-state index contributed by atoms with van der Waals surface area (Å²) in [6, 6.07) is 11.3. The van der Waals surface area contributed by atoms with Gasteiger partial charge in [-0.1, -0.05) is 23.8 Å². The largest absolute Gasteiger partial charge is 0.492 e. The van der Waals surface area contributed by atoms with Crippen molar-refractivity contribution in [2.24, 2.45) is 0 Å². The fraction of sp³-hybridized carbons (Fsp3) is 0.400. The highest BCUT2D eigenvalue weighted by Crippen LogP contribution is 2.20. The molecule has 6 heteroatoms. The molecule has 1 aromatic carbocycles. The molecule has 1 atom stereocenters. The van der Waals surface area contributed by atoms with Gasteiger partial charge in [0, 0.05) is 11.4 Å². The van der Waals surface area contributed by atoms with Crippen LogP contribution in [0.15, 0.2) is 41.8 Å². The molecule has 0 radical (unpaired) electrons. The first-order valence-electron chi connectivity index (χ1n) is 8.92. The third-order valence-electron chi connectivity index (χ3n) is 4.47. The molecule has 0 aliphatic carbocycles. The minimum atomic E-state index is -0.359. The van der Waals surface area contributed by atoms with Gasteiger partial charge in [-0.3, -0.25) is 9.59 Å². The topological polar surface area (TPSA) is 58.6 Å². The van der Waals surface area contributed by atoms with E-state index in [0.717, 1.165) is 23.5 Å². The molecule has 2 amide bonds. The van der Waals surface area contributed by atoms with Gasteiger partial charge in [-0.15, -0.1) is 11.3 Å². The van der Waals surface area contributed by atoms with E-state index in [9.17, 15) is 9.59 Å². The molecule has 1 saturated heterocycles. The Bertz CT molecular complexity index is 728. The first-order valence-corrected chi connectivity index (χ1v) is 9.80. The summed E-state index contributed by atoms with van der Waals surface area (Å²) in [6.45, 7) is 3.51. The Kier molecular flexibility index (Phi) is 6.28. The van der Waals surface area contributed by atoms with E-state index in [2.05, 4.69) is 5.32 Å². The van der Waals surface area contributed by atoms with E-state index in [0.29, 0.717) is 26.1 Å². The minimum absolute atomic E-state index is 0.0287. The summed E-state index contributed by atoms with van der Waals surface area (Å²) in [4.78, 5) is 27.7. The summed E-state index contributed by atoms with van der Waals surface area (Å²) >= 11 is 1.57. The second-order valence-corrected chi connectivity index (χ2v) is 7.49. The lowest BCUT2D eigenvalue weighted by Crippen LogP contribution is -2.47. The Balaban J connectivity index is 1.44. The summed E-state index contributed by atoms with van der Waals surface area (Å²) in [7, 11) is 0. The van der Waals surface area contributed by atoms with Crippen LogP contribution in [0.3, 0.4) is 0 Å². The van der Waals surface area contributed by atoms with Crippen LogP contribution in [-0.4, -0.2) is 42.5 Å². The smallest absolute Gasteiger partial charge is 0.242 e. The SMILES string of the molecule is Cc1ccc(OCCNC(=O)C2CCCN2C(=O)Cc2cccs2)cc1. The second kappa shape index (κ2) is 8.85. The fourth-order valence-electron chi connectivity index (χ4n) is 3.10. The molecule has 26 heavy (non-hydrogen) atoms. The molecule has 0 saturated carbocycles. The molecule has 5 nitrogen and oxygen atoms in total. The van der Waals surface area contributed by atoms with Gasteiger partial charge < -0.3 is 15.0 Å². The van der Waals surface area contributed by atoms with Crippen molar-refractivity contribution in [1.82, 2.24) is 10.2 Å². The maximum absolute atomic E-state index is 12.5. The zero-order valence-corrected chi connectivity index (χ0v) is 15.8. The van der Waals surface area contributed by atoms with Crippen LogP contribution in [0.4, 0.5) is 0 Å². The number of likely N-dealkylation sites (tertiary alicyclic amines) is 1. The number of carbonyl (C=O) groups excluding carboxylic acids is 2. The Hall–Kier alpha value is -2.34. The molecule has 2 heterocycles. The Morgan fingerprint density at radius 2 is 2.08 bits per heavy atom. The maximum Gasteiger partial charge on any atom is 0.242 e. The monoisotopic (exact) mass is 372 g/mol. The minimum Gasteiger partial charge on any atom is -0.492 e. The van der Waals surface area contributed by atoms with Gasteiger partial charge >= 0.3 is 0 Å². The lowest BCUT2D eigenvalue weighted by atomic mass is 10.2. The van der Waals surface area contributed by atoms with Gasteiger partial charge in [0.2, 0.25) is 11.8 Å². The van der Waals surface area contributed by atoms with Gasteiger partial charge in [0.1, 0.15) is 18.4 Å². The first kappa shape index (κ1) is 18.5. The standard InChI is InChI=1S/C20H24N2O3S/c1-15-6-8-16(9-7-15)25-12-10-21-20(24)18-5-2-11-22(18)19(23)14-17-4-3-13-26-17/h3-4,6-9,13,18H,2,5,10-12,14H2,1H3,(H,21,24). The highest BCUT2D eigenvalue weighted by Gasteiger charge is 2.33. The average Bonchev–Trinajstić information content (AvgIpc) is 3.31. The molecule has 1 N–H and O–H groups in total. The highest BCUT2D eigenvalue weighted by atomic mass is 32.1. The summed E-state index contributed by atoms with van der Waals surface area (Å²) in [6.07, 6.45) is 1.97. The van der Waals surface area contributed by atoms with Gasteiger partial charge in [0.05, 0.1) is 13.0 Å². The number of benzene rings is 1. The molecule has 0 spiro atoms. The lowest BCUT2D eigenvalue weighted by molar-refractivity contribution is -0.137. The summed E-state index contributed by atoms with van der Waals surface area (Å²) in [5, 5.41) is 4.86. The molecule has 1 aromatic heterocycles. The number of nitrogens with one attached hydrogen (secondary N) is 1. The van der Waals surface area contributed by atoms with Crippen molar-refractivity contribution in [3.63, 3.8) is 0 Å². The van der Waals surface area contributed by atoms with Crippen molar-refractivity contribution in [2.75, 3.05) is 19.7 Å². The number of hydrogen-bond donors (Lipinski definition) is 1. The molecule has 138 valence electrons. The van der Waals surface area contributed by atoms with E-state index in [1.807, 2.05) is 48.7 Å². The molecular formula is C20H24N2O3S. The van der Waals surface area contributed by atoms with Crippen LogP contribution < -0.4 is 10.1 Å². The van der Waals surface area contributed by atoms with Crippen LogP contribution in [0.5, 0.6) is 5.75 Å². The molecule has 0 bridgehead atoms. The molecule has 3 rings (SSSR count). The van der Waals surface area contributed by atoms with E-state index in [-0.39, 0.29) is 17.9 Å². The van der Waals surface area contributed by atoms with E-state index in [1.54, 1.807) is 16.2 Å². The van der Waals surface area contributed by atoms with Crippen LogP contribution in [-0.2, 0) is 16.0 Å². The van der Waals surface area contributed by atoms with Crippen molar-refractivity contribution in [1.29, 1.82) is 0 Å². The van der Waals surface area contributed by atoms with E-state index < -0.39 is 0 Å². The highest BCUT2D eigenvalue weighted by molar-refractivity contribution is 7.10. The zero-order valence-electron chi connectivity index (χ0n) is 14.9. The van der Waals surface area contributed by atoms with E-state index in [1.165, 1.54) is 5.56 Å². The molecular weight excluding hydrogens is 348 g/mol. The van der Waals surface area contributed by atoms with Crippen LogP contribution in [0.2, 0.25) is 0 Å². The maximum atomic E-state index is 12.5. The van der Waals surface area contributed by atoms with Gasteiger partial charge in [0.25, 0.3) is 0 Å². The summed E-state index contributed by atoms with van der Waals surface area (Å²) in [5.74, 6) is 0.731. The number of amides is 2. The quantitative estimate of drug-likeness (QED) is 0.761. The van der Waals surface area contributed by atoms with Crippen LogP contribution in [0, 0.1) is 6.92 Å². The lowest BCUT2D eigenvalue weighted by Gasteiger charge is -2.24. The average molecular weight is 372 g/mol. The zero-order chi connectivity index (χ0) is 18.4. The van der Waals surface area contributed by atoms with E-state index in [4.69, 9.17) is 4.74 Å². The number of hydrogen-bond acceptors (Lipinski definition) is 4. The molecule has 2 aromatic rings. The van der Waals surface area contributed by atoms with Crippen molar-refractivity contribution >= 4 is 23.2 Å². The Labute approximate surface area is 158 Å². The van der Waals surface area contributed by atoms with Crippen molar-refractivity contribution in [2.45, 2.75) is 32.2 Å². The number of ether oxygens (including phenoxy) is 1. The van der Waals surface area contributed by atoms with Gasteiger partial charge in [0.15, 0.2) is 0 Å². The molecule has 1 aliphatic rings. The predicted molar refractivity (Wildman–Crippen MR) is 102 cm³/mol. The molecule has 1 unspecified atom stereocenters.